The number of nitrogens with zero attached hydrogens (tertiary/aromatic N) is 3. The molecule has 7 heteroatoms. The van der Waals surface area contributed by atoms with Crippen molar-refractivity contribution in [3.8, 4) is 6.07 Å². The molecule has 1 aromatic heterocycles. The number of anilines is 1. The molecule has 0 aromatic carbocycles. The van der Waals surface area contributed by atoms with Crippen LogP contribution in [0.2, 0.25) is 0 Å². The van der Waals surface area contributed by atoms with Crippen molar-refractivity contribution in [1.82, 2.24) is 0 Å². The van der Waals surface area contributed by atoms with Crippen LogP contribution in [0.5, 0.6) is 0 Å². The molecule has 0 fully saturated rings. The summed E-state index contributed by atoms with van der Waals surface area (Å²) < 4.78 is 37.3. The smallest absolute Gasteiger partial charge is 0.364 e. The summed E-state index contributed by atoms with van der Waals surface area (Å²) >= 11 is 1.57. The van der Waals surface area contributed by atoms with Crippen molar-refractivity contribution in [2.45, 2.75) is 52.6 Å². The molecule has 32 heavy (non-hydrogen) atoms. The van der Waals surface area contributed by atoms with Gasteiger partial charge < -0.3 is 4.90 Å². The minimum Gasteiger partial charge on any atom is -0.364 e. The summed E-state index contributed by atoms with van der Waals surface area (Å²) in [6.45, 7) is 14.4. The Kier molecular flexibility index (Phi) is 8.92. The van der Waals surface area contributed by atoms with Gasteiger partial charge in [-0.15, -0.1) is 11.3 Å². The summed E-state index contributed by atoms with van der Waals surface area (Å²) in [6, 6.07) is 5.83. The number of allylic oxidation sites excluding steroid dienone is 7. The van der Waals surface area contributed by atoms with Crippen LogP contribution >= 0.6 is 11.3 Å². The quantitative estimate of drug-likeness (QED) is 0.292. The van der Waals surface area contributed by atoms with Crippen LogP contribution in [0, 0.1) is 23.3 Å². The summed E-state index contributed by atoms with van der Waals surface area (Å²) in [5.74, 6) is 0. The van der Waals surface area contributed by atoms with Gasteiger partial charge in [-0.2, -0.15) is 13.2 Å². The molecule has 0 aliphatic heterocycles. The number of nitriles is 1. The summed E-state index contributed by atoms with van der Waals surface area (Å²) in [4.78, 5) is 6.21. The van der Waals surface area contributed by atoms with Gasteiger partial charge in [0.25, 0.3) is 5.70 Å². The van der Waals surface area contributed by atoms with E-state index in [4.69, 9.17) is 11.8 Å². The first kappa shape index (κ1) is 25.5. The Balaban J connectivity index is 2.12. The molecule has 0 amide bonds. The lowest BCUT2D eigenvalue weighted by molar-refractivity contribution is -0.135. The molecule has 1 heterocycles. The largest absolute Gasteiger partial charge is 0.389 e. The van der Waals surface area contributed by atoms with E-state index in [0.717, 1.165) is 33.9 Å². The van der Waals surface area contributed by atoms with Crippen molar-refractivity contribution in [2.75, 3.05) is 18.0 Å². The van der Waals surface area contributed by atoms with Crippen molar-refractivity contribution >= 4 is 22.4 Å². The van der Waals surface area contributed by atoms with Gasteiger partial charge in [0.15, 0.2) is 0 Å². The average Bonchev–Trinajstić information content (AvgIpc) is 3.17. The predicted molar refractivity (Wildman–Crippen MR) is 126 cm³/mol. The second kappa shape index (κ2) is 11.2. The summed E-state index contributed by atoms with van der Waals surface area (Å²) in [5, 5.41) is 9.90. The molecule has 0 radical (unpaired) electrons. The number of hydrogen-bond acceptors (Lipinski definition) is 3. The van der Waals surface area contributed by atoms with Gasteiger partial charge in [-0.25, -0.2) is 10.1 Å². The molecule has 1 aromatic rings. The Bertz CT molecular complexity index is 979. The Morgan fingerprint density at radius 3 is 2.69 bits per heavy atom. The second-order valence-electron chi connectivity index (χ2n) is 8.56. The van der Waals surface area contributed by atoms with E-state index in [1.54, 1.807) is 17.4 Å². The van der Waals surface area contributed by atoms with E-state index in [9.17, 15) is 13.2 Å². The number of alkyl halides is 3. The van der Waals surface area contributed by atoms with E-state index in [-0.39, 0.29) is 17.5 Å². The predicted octanol–water partition coefficient (Wildman–Crippen LogP) is 7.93. The van der Waals surface area contributed by atoms with Gasteiger partial charge in [0.1, 0.15) is 0 Å². The van der Waals surface area contributed by atoms with E-state index >= 15 is 0 Å². The monoisotopic (exact) mass is 459 g/mol. The first-order valence-electron chi connectivity index (χ1n) is 10.5. The van der Waals surface area contributed by atoms with Gasteiger partial charge in [-0.3, -0.25) is 0 Å². The van der Waals surface area contributed by atoms with E-state index in [1.807, 2.05) is 42.2 Å². The molecular formula is C25H28F3N3S. The summed E-state index contributed by atoms with van der Waals surface area (Å²) in [6.07, 6.45) is 6.61. The maximum atomic E-state index is 12.4. The van der Waals surface area contributed by atoms with Crippen molar-refractivity contribution < 1.29 is 13.2 Å². The zero-order valence-corrected chi connectivity index (χ0v) is 19.5. The molecule has 2 rings (SSSR count). The number of hydrogen-bond donors (Lipinski definition) is 0. The van der Waals surface area contributed by atoms with Gasteiger partial charge in [-0.1, -0.05) is 32.1 Å². The normalized spacial score (nSPS) is 17.8. The van der Waals surface area contributed by atoms with Crippen molar-refractivity contribution in [1.29, 1.82) is 5.26 Å². The first-order valence-corrected chi connectivity index (χ1v) is 11.4. The first-order chi connectivity index (χ1) is 15.0. The van der Waals surface area contributed by atoms with E-state index in [1.165, 1.54) is 0 Å². The highest BCUT2D eigenvalue weighted by Gasteiger charge is 2.26. The Morgan fingerprint density at radius 1 is 1.31 bits per heavy atom. The Hall–Kier alpha value is -2.77. The van der Waals surface area contributed by atoms with Crippen LogP contribution in [0.4, 0.5) is 18.2 Å². The molecule has 170 valence electrons. The van der Waals surface area contributed by atoms with Gasteiger partial charge in [-0.05, 0) is 67.0 Å². The summed E-state index contributed by atoms with van der Waals surface area (Å²) in [5.41, 5.74) is 2.37. The minimum atomic E-state index is -4.11. The van der Waals surface area contributed by atoms with Crippen LogP contribution in [0.3, 0.4) is 0 Å². The molecule has 0 saturated carbocycles. The van der Waals surface area contributed by atoms with E-state index in [2.05, 4.69) is 30.8 Å². The highest BCUT2D eigenvalue weighted by atomic mass is 32.1. The molecular weight excluding hydrogens is 431 g/mol. The topological polar surface area (TPSA) is 31.4 Å². The molecule has 0 N–H and O–H groups in total. The number of rotatable bonds is 8. The maximum Gasteiger partial charge on any atom is 0.389 e. The maximum absolute atomic E-state index is 12.4. The SMILES string of the molecule is [C-]#[N+]C(C#N)=CC=C1C=C(C=Cc2ccc(N(CC)CCCC(F)(F)F)s2)CC(C)(C)C1. The lowest BCUT2D eigenvalue weighted by Gasteiger charge is -2.30. The highest BCUT2D eigenvalue weighted by Crippen LogP contribution is 2.39. The summed E-state index contributed by atoms with van der Waals surface area (Å²) in [7, 11) is 0. The van der Waals surface area contributed by atoms with Crippen LogP contribution < -0.4 is 4.90 Å². The zero-order valence-electron chi connectivity index (χ0n) is 18.7. The fourth-order valence-corrected chi connectivity index (χ4v) is 4.69. The lowest BCUT2D eigenvalue weighted by atomic mass is 9.75. The van der Waals surface area contributed by atoms with Gasteiger partial charge in [0.2, 0.25) is 0 Å². The second-order valence-corrected chi connectivity index (χ2v) is 9.66. The Labute approximate surface area is 192 Å². The molecule has 3 nitrogen and oxygen atoms in total. The third kappa shape index (κ3) is 8.40. The fraction of sp³-hybridized carbons (Fsp3) is 0.440. The third-order valence-electron chi connectivity index (χ3n) is 5.08. The standard InChI is InChI=1S/C25H28F3N3S/c1-5-31(14-6-13-25(26,27)28)23-12-11-22(32-23)10-8-20-15-19(16-24(2,3)17-20)7-9-21(18-29)30-4/h7-12,15H,5-6,13-14,16-17H2,1-3H3. The van der Waals surface area contributed by atoms with Crippen LogP contribution in [0.15, 0.2) is 53.3 Å². The van der Waals surface area contributed by atoms with Gasteiger partial charge >= 0.3 is 6.18 Å². The molecule has 0 spiro atoms. The molecule has 0 bridgehead atoms. The van der Waals surface area contributed by atoms with Crippen LogP contribution in [-0.2, 0) is 0 Å². The molecule has 0 saturated heterocycles. The molecule has 0 unspecified atom stereocenters. The highest BCUT2D eigenvalue weighted by molar-refractivity contribution is 7.16. The van der Waals surface area contributed by atoms with Gasteiger partial charge in [0, 0.05) is 24.4 Å². The van der Waals surface area contributed by atoms with Crippen LogP contribution in [0.25, 0.3) is 10.9 Å². The zero-order chi connectivity index (χ0) is 23.8. The number of halogens is 3. The van der Waals surface area contributed by atoms with Gasteiger partial charge in [0.05, 0.1) is 17.6 Å². The fourth-order valence-electron chi connectivity index (χ4n) is 3.69. The van der Waals surface area contributed by atoms with Crippen molar-refractivity contribution in [3.05, 3.63) is 69.6 Å². The molecule has 1 aliphatic carbocycles. The Morgan fingerprint density at radius 2 is 2.06 bits per heavy atom. The van der Waals surface area contributed by atoms with Crippen LogP contribution in [0.1, 0.15) is 51.3 Å². The lowest BCUT2D eigenvalue weighted by Crippen LogP contribution is -2.24. The van der Waals surface area contributed by atoms with Crippen LogP contribution in [-0.4, -0.2) is 19.3 Å². The van der Waals surface area contributed by atoms with E-state index < -0.39 is 12.6 Å². The third-order valence-corrected chi connectivity index (χ3v) is 6.19. The average molecular weight is 460 g/mol. The molecule has 1 aliphatic rings. The number of thiophene rings is 1. The minimum absolute atomic E-state index is 0.0631. The van der Waals surface area contributed by atoms with Crippen molar-refractivity contribution in [3.63, 3.8) is 0 Å². The van der Waals surface area contributed by atoms with E-state index in [0.29, 0.717) is 13.1 Å². The van der Waals surface area contributed by atoms with Crippen molar-refractivity contribution in [2.24, 2.45) is 5.41 Å². The molecule has 0 atom stereocenters.